The number of nitrogens with zero attached hydrogens (tertiary/aromatic N) is 6. The molecule has 126 valence electrons. The molecular formula is C17H18N8. The molecule has 3 N–H and O–H groups in total. The number of nitrogens with two attached hydrogens (primary N) is 1. The summed E-state index contributed by atoms with van der Waals surface area (Å²) in [6.07, 6.45) is 7.17. The highest BCUT2D eigenvalue weighted by Crippen LogP contribution is 2.32. The monoisotopic (exact) mass is 334 g/mol. The van der Waals surface area contributed by atoms with Crippen LogP contribution in [0, 0.1) is 11.3 Å². The number of hydrogen-bond acceptors (Lipinski definition) is 7. The Morgan fingerprint density at radius 2 is 2.08 bits per heavy atom. The molecule has 0 amide bonds. The maximum absolute atomic E-state index is 8.82. The highest BCUT2D eigenvalue weighted by Gasteiger charge is 2.26. The first-order chi connectivity index (χ1) is 12.2. The quantitative estimate of drug-likeness (QED) is 0.705. The minimum atomic E-state index is 0.256. The summed E-state index contributed by atoms with van der Waals surface area (Å²) >= 11 is 0. The van der Waals surface area contributed by atoms with Crippen molar-refractivity contribution in [2.24, 2.45) is 0 Å². The molecule has 2 heterocycles. The Labute approximate surface area is 144 Å². The topological polar surface area (TPSA) is 118 Å². The second-order valence-corrected chi connectivity index (χ2v) is 6.32. The summed E-state index contributed by atoms with van der Waals surface area (Å²) < 4.78 is 1.99. The van der Waals surface area contributed by atoms with E-state index in [1.807, 2.05) is 29.0 Å². The molecule has 0 radical (unpaired) electrons. The van der Waals surface area contributed by atoms with Crippen LogP contribution in [-0.2, 0) is 0 Å². The van der Waals surface area contributed by atoms with Gasteiger partial charge in [0.25, 0.3) is 0 Å². The second kappa shape index (κ2) is 6.36. The van der Waals surface area contributed by atoms with Gasteiger partial charge in [-0.05, 0) is 37.8 Å². The Hall–Kier alpha value is -3.21. The van der Waals surface area contributed by atoms with E-state index >= 15 is 0 Å². The van der Waals surface area contributed by atoms with Crippen molar-refractivity contribution in [3.05, 3.63) is 36.2 Å². The Morgan fingerprint density at radius 3 is 2.88 bits per heavy atom. The first-order valence-electron chi connectivity index (χ1n) is 8.32. The van der Waals surface area contributed by atoms with Gasteiger partial charge < -0.3 is 11.1 Å². The molecule has 1 fully saturated rings. The largest absolute Gasteiger partial charge is 0.397 e. The molecule has 1 saturated carbocycles. The van der Waals surface area contributed by atoms with Gasteiger partial charge in [0, 0.05) is 6.04 Å². The molecule has 1 aliphatic carbocycles. The molecule has 1 aliphatic rings. The van der Waals surface area contributed by atoms with Gasteiger partial charge in [0.05, 0.1) is 35.2 Å². The van der Waals surface area contributed by atoms with E-state index in [4.69, 9.17) is 11.0 Å². The highest BCUT2D eigenvalue weighted by molar-refractivity contribution is 5.86. The third-order valence-electron chi connectivity index (χ3n) is 4.64. The van der Waals surface area contributed by atoms with Crippen molar-refractivity contribution in [2.45, 2.75) is 37.8 Å². The molecule has 2 aromatic heterocycles. The molecule has 0 aliphatic heterocycles. The van der Waals surface area contributed by atoms with Crippen molar-refractivity contribution in [3.63, 3.8) is 0 Å². The van der Waals surface area contributed by atoms with Crippen LogP contribution < -0.4 is 11.1 Å². The van der Waals surface area contributed by atoms with Gasteiger partial charge in [-0.25, -0.2) is 14.6 Å². The predicted molar refractivity (Wildman–Crippen MR) is 93.6 cm³/mol. The van der Waals surface area contributed by atoms with Crippen molar-refractivity contribution < 1.29 is 0 Å². The van der Waals surface area contributed by atoms with Gasteiger partial charge in [-0.2, -0.15) is 5.26 Å². The van der Waals surface area contributed by atoms with E-state index in [1.54, 1.807) is 0 Å². The number of anilines is 2. The molecule has 0 saturated heterocycles. The standard InChI is InChI=1S/C17H18N8/c18-8-11-9-20-17(21-10-11)22-12-3-1-4-13(7-12)25-15-6-2-5-14(19)16(15)23-24-25/h2,5-6,9-10,12-13H,1,3-4,7,19H2,(H,20,21,22)/t12-,13+/m1/s1. The van der Waals surface area contributed by atoms with Gasteiger partial charge in [-0.3, -0.25) is 0 Å². The van der Waals surface area contributed by atoms with Crippen LogP contribution >= 0.6 is 0 Å². The third kappa shape index (κ3) is 2.96. The first-order valence-corrected chi connectivity index (χ1v) is 8.32. The SMILES string of the molecule is N#Cc1cnc(N[C@@H]2CCC[C@H](n3nnc4c(N)cccc43)C2)nc1. The molecule has 25 heavy (non-hydrogen) atoms. The summed E-state index contributed by atoms with van der Waals surface area (Å²) in [5, 5.41) is 20.8. The van der Waals surface area contributed by atoms with Crippen molar-refractivity contribution in [3.8, 4) is 6.07 Å². The van der Waals surface area contributed by atoms with E-state index in [9.17, 15) is 0 Å². The molecule has 4 rings (SSSR count). The van der Waals surface area contributed by atoms with Crippen LogP contribution in [0.25, 0.3) is 11.0 Å². The Morgan fingerprint density at radius 1 is 1.24 bits per heavy atom. The van der Waals surface area contributed by atoms with Gasteiger partial charge in [0.1, 0.15) is 11.6 Å². The number of fused-ring (bicyclic) bond motifs is 1. The number of nitrogens with one attached hydrogen (secondary N) is 1. The number of rotatable bonds is 3. The average molecular weight is 334 g/mol. The number of hydrogen-bond donors (Lipinski definition) is 2. The zero-order valence-corrected chi connectivity index (χ0v) is 13.6. The fourth-order valence-electron chi connectivity index (χ4n) is 3.41. The average Bonchev–Trinajstić information content (AvgIpc) is 3.08. The molecule has 0 bridgehead atoms. The third-order valence-corrected chi connectivity index (χ3v) is 4.64. The summed E-state index contributed by atoms with van der Waals surface area (Å²) in [4.78, 5) is 8.39. The zero-order valence-electron chi connectivity index (χ0n) is 13.6. The van der Waals surface area contributed by atoms with E-state index in [0.717, 1.165) is 36.7 Å². The van der Waals surface area contributed by atoms with Crippen LogP contribution in [0.2, 0.25) is 0 Å². The minimum Gasteiger partial charge on any atom is -0.397 e. The summed E-state index contributed by atoms with van der Waals surface area (Å²) in [5.74, 6) is 0.553. The molecule has 0 unspecified atom stereocenters. The fraction of sp³-hybridized carbons (Fsp3) is 0.353. The van der Waals surface area contributed by atoms with Crippen molar-refractivity contribution in [1.29, 1.82) is 5.26 Å². The van der Waals surface area contributed by atoms with Gasteiger partial charge in [-0.1, -0.05) is 11.3 Å². The second-order valence-electron chi connectivity index (χ2n) is 6.32. The van der Waals surface area contributed by atoms with Crippen molar-refractivity contribution in [2.75, 3.05) is 11.1 Å². The van der Waals surface area contributed by atoms with Crippen molar-refractivity contribution in [1.82, 2.24) is 25.0 Å². The molecule has 8 heteroatoms. The van der Waals surface area contributed by atoms with Gasteiger partial charge in [0.2, 0.25) is 5.95 Å². The first kappa shape index (κ1) is 15.3. The highest BCUT2D eigenvalue weighted by atomic mass is 15.4. The Kier molecular flexibility index (Phi) is 3.90. The van der Waals surface area contributed by atoms with E-state index in [0.29, 0.717) is 17.2 Å². The van der Waals surface area contributed by atoms with Crippen LogP contribution in [0.1, 0.15) is 37.3 Å². The zero-order chi connectivity index (χ0) is 17.2. The normalized spacial score (nSPS) is 20.3. The fourth-order valence-corrected chi connectivity index (χ4v) is 3.41. The number of aromatic nitrogens is 5. The molecule has 3 aromatic rings. The number of nitriles is 1. The summed E-state index contributed by atoms with van der Waals surface area (Å²) in [5.41, 5.74) is 8.82. The number of benzene rings is 1. The predicted octanol–water partition coefficient (Wildman–Crippen LogP) is 2.27. The van der Waals surface area contributed by atoms with Crippen LogP contribution in [-0.4, -0.2) is 31.0 Å². The van der Waals surface area contributed by atoms with Crippen LogP contribution in [0.15, 0.2) is 30.6 Å². The van der Waals surface area contributed by atoms with Crippen molar-refractivity contribution >= 4 is 22.7 Å². The van der Waals surface area contributed by atoms with Crippen LogP contribution in [0.5, 0.6) is 0 Å². The van der Waals surface area contributed by atoms with E-state index in [1.165, 1.54) is 12.4 Å². The van der Waals surface area contributed by atoms with E-state index in [-0.39, 0.29) is 12.1 Å². The van der Waals surface area contributed by atoms with Gasteiger partial charge in [0.15, 0.2) is 0 Å². The van der Waals surface area contributed by atoms with Gasteiger partial charge in [-0.15, -0.1) is 5.10 Å². The minimum absolute atomic E-state index is 0.256. The lowest BCUT2D eigenvalue weighted by molar-refractivity contribution is 0.312. The molecule has 1 aromatic carbocycles. The molecular weight excluding hydrogens is 316 g/mol. The van der Waals surface area contributed by atoms with E-state index in [2.05, 4.69) is 25.6 Å². The Bertz CT molecular complexity index is 924. The molecule has 2 atom stereocenters. The number of nitrogen functional groups attached to an aromatic ring is 1. The molecule has 0 spiro atoms. The van der Waals surface area contributed by atoms with E-state index < -0.39 is 0 Å². The molecule has 8 nitrogen and oxygen atoms in total. The lowest BCUT2D eigenvalue weighted by Gasteiger charge is -2.29. The van der Waals surface area contributed by atoms with Gasteiger partial charge >= 0.3 is 0 Å². The maximum atomic E-state index is 8.82. The summed E-state index contributed by atoms with van der Waals surface area (Å²) in [7, 11) is 0. The lowest BCUT2D eigenvalue weighted by Crippen LogP contribution is -2.30. The maximum Gasteiger partial charge on any atom is 0.222 e. The lowest BCUT2D eigenvalue weighted by atomic mass is 9.91. The van der Waals surface area contributed by atoms with Crippen LogP contribution in [0.4, 0.5) is 11.6 Å². The summed E-state index contributed by atoms with van der Waals surface area (Å²) in [6.45, 7) is 0. The Balaban J connectivity index is 1.52. The smallest absolute Gasteiger partial charge is 0.222 e. The summed E-state index contributed by atoms with van der Waals surface area (Å²) in [6, 6.07) is 8.32. The van der Waals surface area contributed by atoms with Crippen LogP contribution in [0.3, 0.4) is 0 Å².